The van der Waals surface area contributed by atoms with E-state index in [-0.39, 0.29) is 0 Å². The van der Waals surface area contributed by atoms with Crippen LogP contribution in [-0.2, 0) is 0 Å². The van der Waals surface area contributed by atoms with E-state index in [1.165, 1.54) is 6.21 Å². The first-order valence-electron chi connectivity index (χ1n) is 3.04. The van der Waals surface area contributed by atoms with Crippen molar-refractivity contribution in [3.63, 3.8) is 0 Å². The summed E-state index contributed by atoms with van der Waals surface area (Å²) in [5, 5.41) is 7.01. The first kappa shape index (κ1) is 7.35. The van der Waals surface area contributed by atoms with Gasteiger partial charge in [0.25, 0.3) is 0 Å². The maximum Gasteiger partial charge on any atom is 0.0261 e. The Balaban J connectivity index is 3.21. The molecule has 0 aliphatic rings. The van der Waals surface area contributed by atoms with Gasteiger partial charge < -0.3 is 5.41 Å². The minimum Gasteiger partial charge on any atom is -0.308 e. The van der Waals surface area contributed by atoms with Gasteiger partial charge >= 0.3 is 0 Å². The fourth-order valence-electron chi connectivity index (χ4n) is 0.790. The van der Waals surface area contributed by atoms with Crippen molar-refractivity contribution < 1.29 is 0 Å². The van der Waals surface area contributed by atoms with Gasteiger partial charge in [0.05, 0.1) is 0 Å². The van der Waals surface area contributed by atoms with Crippen molar-refractivity contribution in [3.05, 3.63) is 29.3 Å². The maximum atomic E-state index is 7.01. The number of nitrogens with one attached hydrogen (secondary N) is 1. The predicted octanol–water partition coefficient (Wildman–Crippen LogP) is 2.28. The summed E-state index contributed by atoms with van der Waals surface area (Å²) in [5.41, 5.74) is 2.04. The van der Waals surface area contributed by atoms with Crippen molar-refractivity contribution in [2.24, 2.45) is 0 Å². The Morgan fingerprint density at radius 1 is 1.50 bits per heavy atom. The quantitative estimate of drug-likeness (QED) is 0.454. The lowest BCUT2D eigenvalue weighted by molar-refractivity contribution is 1.35. The molecule has 52 valence electrons. The zero-order valence-corrected chi connectivity index (χ0v) is 6.65. The van der Waals surface area contributed by atoms with Crippen LogP contribution >= 0.6 is 12.6 Å². The van der Waals surface area contributed by atoms with E-state index in [1.807, 2.05) is 25.1 Å². The monoisotopic (exact) mass is 151 g/mol. The van der Waals surface area contributed by atoms with E-state index in [1.54, 1.807) is 0 Å². The lowest BCUT2D eigenvalue weighted by atomic mass is 10.1. The molecule has 1 aromatic carbocycles. The first-order valence-corrected chi connectivity index (χ1v) is 3.49. The molecule has 0 saturated carbocycles. The molecule has 1 aromatic rings. The van der Waals surface area contributed by atoms with Crippen LogP contribution in [0.25, 0.3) is 0 Å². The number of thiol groups is 1. The summed E-state index contributed by atoms with van der Waals surface area (Å²) in [7, 11) is 0. The SMILES string of the molecule is Cc1ccc(S)c(C=N)c1. The lowest BCUT2D eigenvalue weighted by Gasteiger charge is -1.97. The van der Waals surface area contributed by atoms with Gasteiger partial charge in [0, 0.05) is 16.7 Å². The third kappa shape index (κ3) is 1.39. The van der Waals surface area contributed by atoms with E-state index in [2.05, 4.69) is 12.6 Å². The number of hydrogen-bond acceptors (Lipinski definition) is 2. The van der Waals surface area contributed by atoms with Gasteiger partial charge in [0.2, 0.25) is 0 Å². The van der Waals surface area contributed by atoms with E-state index in [0.29, 0.717) is 0 Å². The summed E-state index contributed by atoms with van der Waals surface area (Å²) >= 11 is 4.17. The van der Waals surface area contributed by atoms with Gasteiger partial charge in [-0.3, -0.25) is 0 Å². The summed E-state index contributed by atoms with van der Waals surface area (Å²) in [6, 6.07) is 5.82. The molecular weight excluding hydrogens is 142 g/mol. The van der Waals surface area contributed by atoms with E-state index < -0.39 is 0 Å². The Hall–Kier alpha value is -0.760. The van der Waals surface area contributed by atoms with Crippen LogP contribution in [0.3, 0.4) is 0 Å². The highest BCUT2D eigenvalue weighted by molar-refractivity contribution is 7.80. The molecule has 1 rings (SSSR count). The normalized spacial score (nSPS) is 9.40. The van der Waals surface area contributed by atoms with Crippen molar-refractivity contribution >= 4 is 18.8 Å². The second kappa shape index (κ2) is 2.88. The highest BCUT2D eigenvalue weighted by Crippen LogP contribution is 2.12. The second-order valence-corrected chi connectivity index (χ2v) is 2.69. The molecule has 2 heteroatoms. The van der Waals surface area contributed by atoms with Gasteiger partial charge in [-0.2, -0.15) is 0 Å². The molecule has 0 aliphatic carbocycles. The first-order chi connectivity index (χ1) is 4.74. The number of aryl methyl sites for hydroxylation is 1. The zero-order chi connectivity index (χ0) is 7.56. The molecule has 0 fully saturated rings. The number of rotatable bonds is 1. The minimum absolute atomic E-state index is 0.862. The van der Waals surface area contributed by atoms with Gasteiger partial charge in [-0.05, 0) is 19.1 Å². The zero-order valence-electron chi connectivity index (χ0n) is 5.76. The summed E-state index contributed by atoms with van der Waals surface area (Å²) in [6.07, 6.45) is 1.31. The standard InChI is InChI=1S/C8H9NS/c1-6-2-3-8(10)7(4-6)5-9/h2-5,9-10H,1H3. The highest BCUT2D eigenvalue weighted by atomic mass is 32.1. The van der Waals surface area contributed by atoms with Crippen molar-refractivity contribution in [1.82, 2.24) is 0 Å². The van der Waals surface area contributed by atoms with Crippen LogP contribution in [0, 0.1) is 12.3 Å². The van der Waals surface area contributed by atoms with Crippen LogP contribution in [0.1, 0.15) is 11.1 Å². The predicted molar refractivity (Wildman–Crippen MR) is 46.3 cm³/mol. The number of benzene rings is 1. The topological polar surface area (TPSA) is 23.9 Å². The van der Waals surface area contributed by atoms with Crippen LogP contribution in [0.15, 0.2) is 23.1 Å². The molecule has 10 heavy (non-hydrogen) atoms. The fourth-order valence-corrected chi connectivity index (χ4v) is 0.993. The molecule has 1 nitrogen and oxygen atoms in total. The van der Waals surface area contributed by atoms with Crippen LogP contribution in [-0.4, -0.2) is 6.21 Å². The van der Waals surface area contributed by atoms with Crippen LogP contribution in [0.2, 0.25) is 0 Å². The van der Waals surface area contributed by atoms with E-state index in [9.17, 15) is 0 Å². The Morgan fingerprint density at radius 3 is 2.70 bits per heavy atom. The van der Waals surface area contributed by atoms with Gasteiger partial charge in [0.15, 0.2) is 0 Å². The van der Waals surface area contributed by atoms with Crippen LogP contribution in [0.4, 0.5) is 0 Å². The molecule has 0 aliphatic heterocycles. The third-order valence-electron chi connectivity index (χ3n) is 1.34. The molecule has 0 spiro atoms. The summed E-state index contributed by atoms with van der Waals surface area (Å²) in [5.74, 6) is 0. The fraction of sp³-hybridized carbons (Fsp3) is 0.125. The Labute approximate surface area is 66.0 Å². The molecule has 0 saturated heterocycles. The molecule has 0 bridgehead atoms. The van der Waals surface area contributed by atoms with E-state index in [4.69, 9.17) is 5.41 Å². The average Bonchev–Trinajstić information content (AvgIpc) is 1.94. The minimum atomic E-state index is 0.862. The van der Waals surface area contributed by atoms with E-state index >= 15 is 0 Å². The van der Waals surface area contributed by atoms with Crippen LogP contribution < -0.4 is 0 Å². The average molecular weight is 151 g/mol. The van der Waals surface area contributed by atoms with Crippen molar-refractivity contribution in [1.29, 1.82) is 5.41 Å². The summed E-state index contributed by atoms with van der Waals surface area (Å²) < 4.78 is 0. The van der Waals surface area contributed by atoms with Gasteiger partial charge in [0.1, 0.15) is 0 Å². The van der Waals surface area contributed by atoms with E-state index in [0.717, 1.165) is 16.0 Å². The van der Waals surface area contributed by atoms with Crippen molar-refractivity contribution in [3.8, 4) is 0 Å². The molecular formula is C8H9NS. The Bertz CT molecular complexity index is 255. The second-order valence-electron chi connectivity index (χ2n) is 2.21. The Morgan fingerprint density at radius 2 is 2.20 bits per heavy atom. The molecule has 0 heterocycles. The molecule has 0 unspecified atom stereocenters. The van der Waals surface area contributed by atoms with Gasteiger partial charge in [-0.25, -0.2) is 0 Å². The molecule has 0 radical (unpaired) electrons. The van der Waals surface area contributed by atoms with Gasteiger partial charge in [-0.15, -0.1) is 12.6 Å². The molecule has 0 atom stereocenters. The molecule has 1 N–H and O–H groups in total. The highest BCUT2D eigenvalue weighted by Gasteiger charge is 1.93. The molecule has 0 aromatic heterocycles. The lowest BCUT2D eigenvalue weighted by Crippen LogP contribution is -1.83. The number of hydrogen-bond donors (Lipinski definition) is 2. The summed E-state index contributed by atoms with van der Waals surface area (Å²) in [4.78, 5) is 0.862. The third-order valence-corrected chi connectivity index (χ3v) is 1.75. The molecule has 0 amide bonds. The summed E-state index contributed by atoms with van der Waals surface area (Å²) in [6.45, 7) is 2.00. The van der Waals surface area contributed by atoms with Crippen molar-refractivity contribution in [2.75, 3.05) is 0 Å². The van der Waals surface area contributed by atoms with Gasteiger partial charge in [-0.1, -0.05) is 11.6 Å². The van der Waals surface area contributed by atoms with Crippen molar-refractivity contribution in [2.45, 2.75) is 11.8 Å². The Kier molecular flexibility index (Phi) is 2.12. The smallest absolute Gasteiger partial charge is 0.0261 e. The maximum absolute atomic E-state index is 7.01. The van der Waals surface area contributed by atoms with Crippen LogP contribution in [0.5, 0.6) is 0 Å². The largest absolute Gasteiger partial charge is 0.308 e.